The third-order valence-corrected chi connectivity index (χ3v) is 5.28. The van der Waals surface area contributed by atoms with E-state index in [-0.39, 0.29) is 0 Å². The molecule has 4 heteroatoms. The molecule has 0 spiro atoms. The van der Waals surface area contributed by atoms with E-state index in [0.717, 1.165) is 13.0 Å². The van der Waals surface area contributed by atoms with Gasteiger partial charge in [0.2, 0.25) is 0 Å². The molecule has 1 N–H and O–H groups in total. The topological polar surface area (TPSA) is 39.1 Å². The Morgan fingerprint density at radius 3 is 2.80 bits per heavy atom. The first-order valence-electron chi connectivity index (χ1n) is 8.30. The van der Waals surface area contributed by atoms with Crippen LogP contribution in [0.3, 0.4) is 0 Å². The Morgan fingerprint density at radius 1 is 1.20 bits per heavy atom. The van der Waals surface area contributed by atoms with Gasteiger partial charge in [-0.05, 0) is 39.0 Å². The van der Waals surface area contributed by atoms with Crippen molar-refractivity contribution in [2.24, 2.45) is 0 Å². The Kier molecular flexibility index (Phi) is 3.21. The van der Waals surface area contributed by atoms with Crippen molar-refractivity contribution in [2.75, 3.05) is 11.9 Å². The van der Waals surface area contributed by atoms with E-state index < -0.39 is 0 Å². The smallest absolute Gasteiger partial charge is 0.124 e. The van der Waals surface area contributed by atoms with Gasteiger partial charge in [0.05, 0.1) is 23.9 Å². The molecule has 2 aliphatic heterocycles. The van der Waals surface area contributed by atoms with Crippen molar-refractivity contribution in [2.45, 2.75) is 76.0 Å². The molecule has 20 heavy (non-hydrogen) atoms. The van der Waals surface area contributed by atoms with Gasteiger partial charge >= 0.3 is 0 Å². The summed E-state index contributed by atoms with van der Waals surface area (Å²) in [5, 5.41) is 8.47. The summed E-state index contributed by atoms with van der Waals surface area (Å²) < 4.78 is 8.34. The van der Waals surface area contributed by atoms with E-state index in [1.165, 1.54) is 50.0 Å². The minimum atomic E-state index is 0.363. The number of nitrogens with zero attached hydrogens (tertiary/aromatic N) is 2. The molecule has 3 unspecified atom stereocenters. The number of hydrogen-bond acceptors (Lipinski definition) is 3. The molecule has 0 bridgehead atoms. The van der Waals surface area contributed by atoms with Gasteiger partial charge < -0.3 is 10.1 Å². The normalized spacial score (nSPS) is 34.1. The number of nitrogens with one attached hydrogen (secondary N) is 1. The summed E-state index contributed by atoms with van der Waals surface area (Å²) in [4.78, 5) is 0. The lowest BCUT2D eigenvalue weighted by molar-refractivity contribution is 0.0172. The summed E-state index contributed by atoms with van der Waals surface area (Å²) in [7, 11) is 0. The van der Waals surface area contributed by atoms with Crippen molar-refractivity contribution < 1.29 is 4.74 Å². The quantitative estimate of drug-likeness (QED) is 0.898. The van der Waals surface area contributed by atoms with E-state index >= 15 is 0 Å². The van der Waals surface area contributed by atoms with Gasteiger partial charge in [0.1, 0.15) is 5.82 Å². The van der Waals surface area contributed by atoms with Crippen molar-refractivity contribution in [3.63, 3.8) is 0 Å². The summed E-state index contributed by atoms with van der Waals surface area (Å²) in [6.45, 7) is 3.24. The van der Waals surface area contributed by atoms with Gasteiger partial charge in [0, 0.05) is 18.5 Å². The number of hydrogen-bond donors (Lipinski definition) is 1. The van der Waals surface area contributed by atoms with Crippen LogP contribution in [0.5, 0.6) is 0 Å². The molecular formula is C16H25N3O. The highest BCUT2D eigenvalue weighted by Crippen LogP contribution is 2.38. The SMILES string of the molecule is CC1CCC(C2CCNc3cc(C4CCCC4)nn32)O1. The molecule has 4 rings (SSSR count). The lowest BCUT2D eigenvalue weighted by Gasteiger charge is -2.29. The lowest BCUT2D eigenvalue weighted by atomic mass is 10.0. The summed E-state index contributed by atoms with van der Waals surface area (Å²) in [6, 6.07) is 2.73. The molecule has 4 nitrogen and oxygen atoms in total. The van der Waals surface area contributed by atoms with Crippen LogP contribution < -0.4 is 5.32 Å². The van der Waals surface area contributed by atoms with E-state index in [1.807, 2.05) is 0 Å². The monoisotopic (exact) mass is 275 g/mol. The first-order chi connectivity index (χ1) is 9.81. The molecule has 0 radical (unpaired) electrons. The van der Waals surface area contributed by atoms with Crippen molar-refractivity contribution in [3.05, 3.63) is 11.8 Å². The fourth-order valence-electron chi connectivity index (χ4n) is 4.15. The maximum atomic E-state index is 6.10. The van der Waals surface area contributed by atoms with E-state index in [0.29, 0.717) is 24.2 Å². The summed E-state index contributed by atoms with van der Waals surface area (Å²) in [5.74, 6) is 1.91. The second-order valence-electron chi connectivity index (χ2n) is 6.73. The average Bonchev–Trinajstić information content (AvgIpc) is 3.17. The van der Waals surface area contributed by atoms with Gasteiger partial charge in [-0.25, -0.2) is 4.68 Å². The Bertz CT molecular complexity index is 478. The maximum absolute atomic E-state index is 6.10. The largest absolute Gasteiger partial charge is 0.373 e. The Morgan fingerprint density at radius 2 is 2.05 bits per heavy atom. The average molecular weight is 275 g/mol. The summed E-state index contributed by atoms with van der Waals surface area (Å²) in [6.07, 6.45) is 9.67. The van der Waals surface area contributed by atoms with Crippen molar-refractivity contribution in [1.29, 1.82) is 0 Å². The highest BCUT2D eigenvalue weighted by molar-refractivity contribution is 5.40. The Labute approximate surface area is 120 Å². The molecule has 3 heterocycles. The Hall–Kier alpha value is -1.03. The first kappa shape index (κ1) is 12.7. The van der Waals surface area contributed by atoms with Crippen LogP contribution in [0.25, 0.3) is 0 Å². The van der Waals surface area contributed by atoms with Gasteiger partial charge in [-0.15, -0.1) is 0 Å². The molecule has 1 saturated heterocycles. The molecule has 110 valence electrons. The summed E-state index contributed by atoms with van der Waals surface area (Å²) >= 11 is 0. The van der Waals surface area contributed by atoms with Gasteiger partial charge in [-0.3, -0.25) is 0 Å². The van der Waals surface area contributed by atoms with Crippen LogP contribution in [0, 0.1) is 0 Å². The lowest BCUT2D eigenvalue weighted by Crippen LogP contribution is -2.32. The van der Waals surface area contributed by atoms with Crippen LogP contribution in [0.4, 0.5) is 5.82 Å². The van der Waals surface area contributed by atoms with Crippen LogP contribution in [0.1, 0.15) is 69.5 Å². The fourth-order valence-corrected chi connectivity index (χ4v) is 4.15. The first-order valence-corrected chi connectivity index (χ1v) is 8.30. The van der Waals surface area contributed by atoms with Crippen LogP contribution in [-0.2, 0) is 4.74 Å². The van der Waals surface area contributed by atoms with Gasteiger partial charge in [0.25, 0.3) is 0 Å². The second kappa shape index (κ2) is 5.06. The number of fused-ring (bicyclic) bond motifs is 1. The molecule has 3 atom stereocenters. The van der Waals surface area contributed by atoms with E-state index in [4.69, 9.17) is 9.84 Å². The molecule has 2 fully saturated rings. The van der Waals surface area contributed by atoms with E-state index in [1.54, 1.807) is 0 Å². The number of anilines is 1. The van der Waals surface area contributed by atoms with Crippen LogP contribution in [0.2, 0.25) is 0 Å². The molecule has 1 aromatic rings. The zero-order valence-electron chi connectivity index (χ0n) is 12.3. The molecule has 1 aliphatic carbocycles. The highest BCUT2D eigenvalue weighted by Gasteiger charge is 2.35. The zero-order valence-corrected chi connectivity index (χ0v) is 12.3. The summed E-state index contributed by atoms with van der Waals surface area (Å²) in [5.41, 5.74) is 1.31. The zero-order chi connectivity index (χ0) is 13.5. The molecule has 1 aromatic heterocycles. The van der Waals surface area contributed by atoms with Crippen molar-refractivity contribution >= 4 is 5.82 Å². The van der Waals surface area contributed by atoms with Crippen LogP contribution >= 0.6 is 0 Å². The van der Waals surface area contributed by atoms with E-state index in [2.05, 4.69) is 23.0 Å². The standard InChI is InChI=1S/C16H25N3O/c1-11-6-7-15(20-11)14-8-9-17-16-10-13(18-19(14)16)12-4-2-3-5-12/h10-12,14-15,17H,2-9H2,1H3. The third-order valence-electron chi connectivity index (χ3n) is 5.28. The number of ether oxygens (including phenoxy) is 1. The van der Waals surface area contributed by atoms with E-state index in [9.17, 15) is 0 Å². The molecule has 0 aromatic carbocycles. The Balaban J connectivity index is 1.59. The molecule has 3 aliphatic rings. The third kappa shape index (κ3) is 2.14. The minimum absolute atomic E-state index is 0.363. The molecule has 0 amide bonds. The van der Waals surface area contributed by atoms with Crippen molar-refractivity contribution in [3.8, 4) is 0 Å². The maximum Gasteiger partial charge on any atom is 0.124 e. The predicted molar refractivity (Wildman–Crippen MR) is 79.1 cm³/mol. The molecule has 1 saturated carbocycles. The van der Waals surface area contributed by atoms with Crippen molar-refractivity contribution in [1.82, 2.24) is 9.78 Å². The number of aromatic nitrogens is 2. The number of rotatable bonds is 2. The second-order valence-corrected chi connectivity index (χ2v) is 6.73. The predicted octanol–water partition coefficient (Wildman–Crippen LogP) is 3.46. The van der Waals surface area contributed by atoms with Crippen LogP contribution in [0.15, 0.2) is 6.07 Å². The minimum Gasteiger partial charge on any atom is -0.373 e. The van der Waals surface area contributed by atoms with Gasteiger partial charge in [-0.1, -0.05) is 12.8 Å². The highest BCUT2D eigenvalue weighted by atomic mass is 16.5. The molecular weight excluding hydrogens is 250 g/mol. The fraction of sp³-hybridized carbons (Fsp3) is 0.812. The van der Waals surface area contributed by atoms with Crippen LogP contribution in [-0.4, -0.2) is 28.5 Å². The van der Waals surface area contributed by atoms with Gasteiger partial charge in [-0.2, -0.15) is 5.10 Å². The van der Waals surface area contributed by atoms with Gasteiger partial charge in [0.15, 0.2) is 0 Å².